The summed E-state index contributed by atoms with van der Waals surface area (Å²) in [6.07, 6.45) is 1.89. The Labute approximate surface area is 278 Å². The van der Waals surface area contributed by atoms with E-state index < -0.39 is 0 Å². The molecule has 0 spiro atoms. The molecule has 0 aliphatic heterocycles. The minimum Gasteiger partial charge on any atom is -0.228 e. The summed E-state index contributed by atoms with van der Waals surface area (Å²) in [6.45, 7) is 0. The highest BCUT2D eigenvalue weighted by atomic mass is 14.9. The lowest BCUT2D eigenvalue weighted by Gasteiger charge is -2.15. The number of benzene rings is 8. The van der Waals surface area contributed by atoms with Gasteiger partial charge in [-0.3, -0.25) is 0 Å². The van der Waals surface area contributed by atoms with Crippen LogP contribution < -0.4 is 0 Å². The van der Waals surface area contributed by atoms with Crippen LogP contribution in [0.1, 0.15) is 22.3 Å². The molecule has 2 aliphatic carbocycles. The molecule has 11 rings (SSSR count). The summed E-state index contributed by atoms with van der Waals surface area (Å²) in [6, 6.07) is 53.4. The molecule has 0 radical (unpaired) electrons. The monoisotopic (exact) mass is 608 g/mol. The van der Waals surface area contributed by atoms with Crippen molar-refractivity contribution >= 4 is 32.3 Å². The lowest BCUT2D eigenvalue weighted by atomic mass is 9.91. The van der Waals surface area contributed by atoms with Crippen molar-refractivity contribution < 1.29 is 0 Å². The van der Waals surface area contributed by atoms with Gasteiger partial charge in [-0.05, 0) is 108 Å². The SMILES string of the molecule is c1ccc2c(c1)Cc1cc(-c3cc(-c4ccc5ccc6cccc7ccc4c5c67)nc(-c4ccc5c(c4)Cc4ccccc4-5)n3)ccc1-2. The molecule has 0 saturated carbocycles. The van der Waals surface area contributed by atoms with Crippen molar-refractivity contribution in [3.8, 4) is 56.2 Å². The molecule has 0 amide bonds. The quantitative estimate of drug-likeness (QED) is 0.187. The van der Waals surface area contributed by atoms with Gasteiger partial charge in [-0.15, -0.1) is 0 Å². The van der Waals surface area contributed by atoms with Gasteiger partial charge in [-0.1, -0.05) is 127 Å². The van der Waals surface area contributed by atoms with E-state index >= 15 is 0 Å². The van der Waals surface area contributed by atoms with Gasteiger partial charge in [0.05, 0.1) is 11.4 Å². The van der Waals surface area contributed by atoms with Gasteiger partial charge in [0.2, 0.25) is 0 Å². The molecule has 2 nitrogen and oxygen atoms in total. The first kappa shape index (κ1) is 26.0. The normalized spacial score (nSPS) is 12.8. The van der Waals surface area contributed by atoms with Crippen LogP contribution in [0.2, 0.25) is 0 Å². The third-order valence-electron chi connectivity index (χ3n) is 10.7. The van der Waals surface area contributed by atoms with E-state index in [9.17, 15) is 0 Å². The van der Waals surface area contributed by atoms with E-state index in [1.807, 2.05) is 0 Å². The Morgan fingerprint density at radius 1 is 0.354 bits per heavy atom. The molecule has 1 aromatic heterocycles. The Morgan fingerprint density at radius 2 is 0.896 bits per heavy atom. The molecule has 222 valence electrons. The number of aromatic nitrogens is 2. The van der Waals surface area contributed by atoms with Crippen LogP contribution in [-0.2, 0) is 12.8 Å². The second-order valence-electron chi connectivity index (χ2n) is 13.3. The van der Waals surface area contributed by atoms with Crippen molar-refractivity contribution in [1.29, 1.82) is 0 Å². The largest absolute Gasteiger partial charge is 0.228 e. The summed E-state index contributed by atoms with van der Waals surface area (Å²) in [4.78, 5) is 10.6. The molecule has 0 N–H and O–H groups in total. The van der Waals surface area contributed by atoms with E-state index in [2.05, 4.69) is 146 Å². The molecule has 48 heavy (non-hydrogen) atoms. The maximum Gasteiger partial charge on any atom is 0.160 e. The average molecular weight is 609 g/mol. The zero-order valence-electron chi connectivity index (χ0n) is 26.2. The summed E-state index contributed by atoms with van der Waals surface area (Å²) in [7, 11) is 0. The molecule has 0 fully saturated rings. The third-order valence-corrected chi connectivity index (χ3v) is 10.7. The molecule has 1 heterocycles. The standard InChI is InChI=1S/C46H28N2/c1-3-10-36-30(6-1)22-34-24-32(16-18-38(34)36)42-26-43(40-20-14-29-13-12-27-8-5-9-28-15-21-41(40)45(29)44(27)28)48-46(47-42)33-17-19-39-35(25-33)23-31-7-2-4-11-37(31)39/h1-21,24-26H,22-23H2. The Morgan fingerprint density at radius 3 is 1.62 bits per heavy atom. The molecule has 8 aromatic carbocycles. The minimum absolute atomic E-state index is 0.760. The third kappa shape index (κ3) is 3.74. The van der Waals surface area contributed by atoms with Gasteiger partial charge in [0.15, 0.2) is 5.82 Å². The summed E-state index contributed by atoms with van der Waals surface area (Å²) in [5.41, 5.74) is 16.0. The zero-order chi connectivity index (χ0) is 31.3. The van der Waals surface area contributed by atoms with Crippen molar-refractivity contribution in [2.45, 2.75) is 12.8 Å². The van der Waals surface area contributed by atoms with E-state index in [0.717, 1.165) is 46.7 Å². The van der Waals surface area contributed by atoms with E-state index in [0.29, 0.717) is 0 Å². The van der Waals surface area contributed by atoms with Crippen LogP contribution in [0.5, 0.6) is 0 Å². The minimum atomic E-state index is 0.760. The van der Waals surface area contributed by atoms with E-state index in [1.165, 1.54) is 76.8 Å². The van der Waals surface area contributed by atoms with Gasteiger partial charge < -0.3 is 0 Å². The van der Waals surface area contributed by atoms with Gasteiger partial charge in [-0.2, -0.15) is 0 Å². The number of nitrogens with zero attached hydrogens (tertiary/aromatic N) is 2. The van der Waals surface area contributed by atoms with Crippen LogP contribution in [0.25, 0.3) is 88.5 Å². The first-order valence-electron chi connectivity index (χ1n) is 16.7. The van der Waals surface area contributed by atoms with E-state index in [1.54, 1.807) is 0 Å². The molecular formula is C46H28N2. The fourth-order valence-corrected chi connectivity index (χ4v) is 8.41. The Balaban J connectivity index is 1.13. The van der Waals surface area contributed by atoms with Gasteiger partial charge >= 0.3 is 0 Å². The second-order valence-corrected chi connectivity index (χ2v) is 13.3. The second kappa shape index (κ2) is 9.70. The summed E-state index contributed by atoms with van der Waals surface area (Å²) >= 11 is 0. The van der Waals surface area contributed by atoms with E-state index in [-0.39, 0.29) is 0 Å². The number of hydrogen-bond donors (Lipinski definition) is 0. The fraction of sp³-hybridized carbons (Fsp3) is 0.0435. The van der Waals surface area contributed by atoms with Crippen LogP contribution >= 0.6 is 0 Å². The van der Waals surface area contributed by atoms with Crippen LogP contribution in [0.4, 0.5) is 0 Å². The predicted molar refractivity (Wildman–Crippen MR) is 199 cm³/mol. The lowest BCUT2D eigenvalue weighted by Crippen LogP contribution is -1.98. The van der Waals surface area contributed by atoms with Crippen LogP contribution in [0, 0.1) is 0 Å². The molecule has 0 atom stereocenters. The highest BCUT2D eigenvalue weighted by Gasteiger charge is 2.22. The first-order valence-corrected chi connectivity index (χ1v) is 16.7. The molecule has 0 unspecified atom stereocenters. The van der Waals surface area contributed by atoms with Crippen LogP contribution in [0.15, 0.2) is 146 Å². The highest BCUT2D eigenvalue weighted by Crippen LogP contribution is 2.43. The van der Waals surface area contributed by atoms with Crippen molar-refractivity contribution in [3.05, 3.63) is 168 Å². The molecular weight excluding hydrogens is 581 g/mol. The first-order chi connectivity index (χ1) is 23.7. The smallest absolute Gasteiger partial charge is 0.160 e. The Hall–Kier alpha value is -6.12. The summed E-state index contributed by atoms with van der Waals surface area (Å²) < 4.78 is 0. The van der Waals surface area contributed by atoms with E-state index in [4.69, 9.17) is 9.97 Å². The molecule has 2 aliphatic rings. The van der Waals surface area contributed by atoms with Crippen molar-refractivity contribution in [1.82, 2.24) is 9.97 Å². The summed E-state index contributed by atoms with van der Waals surface area (Å²) in [5.74, 6) is 0.760. The average Bonchev–Trinajstić information content (AvgIpc) is 3.71. The maximum atomic E-state index is 5.35. The maximum absolute atomic E-state index is 5.35. The zero-order valence-corrected chi connectivity index (χ0v) is 26.2. The van der Waals surface area contributed by atoms with Gasteiger partial charge in [0, 0.05) is 16.7 Å². The molecule has 2 heteroatoms. The van der Waals surface area contributed by atoms with Crippen LogP contribution in [0.3, 0.4) is 0 Å². The fourth-order valence-electron chi connectivity index (χ4n) is 8.41. The summed E-state index contributed by atoms with van der Waals surface area (Å²) in [5, 5.41) is 7.64. The molecule has 9 aromatic rings. The van der Waals surface area contributed by atoms with Gasteiger partial charge in [0.25, 0.3) is 0 Å². The van der Waals surface area contributed by atoms with Crippen LogP contribution in [-0.4, -0.2) is 9.97 Å². The molecule has 0 saturated heterocycles. The predicted octanol–water partition coefficient (Wildman–Crippen LogP) is 11.5. The number of fused-ring (bicyclic) bond motifs is 6. The topological polar surface area (TPSA) is 25.8 Å². The van der Waals surface area contributed by atoms with Crippen molar-refractivity contribution in [2.75, 3.05) is 0 Å². The number of hydrogen-bond acceptors (Lipinski definition) is 2. The lowest BCUT2D eigenvalue weighted by molar-refractivity contribution is 1.17. The Kier molecular flexibility index (Phi) is 5.25. The number of rotatable bonds is 3. The molecule has 0 bridgehead atoms. The van der Waals surface area contributed by atoms with Crippen molar-refractivity contribution in [3.63, 3.8) is 0 Å². The van der Waals surface area contributed by atoms with Crippen molar-refractivity contribution in [2.24, 2.45) is 0 Å². The van der Waals surface area contributed by atoms with Gasteiger partial charge in [-0.25, -0.2) is 9.97 Å². The Bertz CT molecular complexity index is 2660. The van der Waals surface area contributed by atoms with Gasteiger partial charge in [0.1, 0.15) is 0 Å². The highest BCUT2D eigenvalue weighted by molar-refractivity contribution is 6.25.